The van der Waals surface area contributed by atoms with Gasteiger partial charge in [0.15, 0.2) is 25.1 Å². The molecule has 5 nitrogen and oxygen atoms in total. The van der Waals surface area contributed by atoms with Crippen LogP contribution in [0.3, 0.4) is 0 Å². The molecule has 2 rings (SSSR count). The number of nitrogens with one attached hydrogen (secondary N) is 1. The van der Waals surface area contributed by atoms with Gasteiger partial charge in [0.05, 0.1) is 0 Å². The van der Waals surface area contributed by atoms with Crippen molar-refractivity contribution in [2.24, 2.45) is 0 Å². The van der Waals surface area contributed by atoms with Gasteiger partial charge in [0.2, 0.25) is 0 Å². The van der Waals surface area contributed by atoms with Crippen molar-refractivity contribution < 1.29 is 18.9 Å². The third kappa shape index (κ3) is 9.96. The van der Waals surface area contributed by atoms with Gasteiger partial charge in [-0.1, -0.05) is 51.4 Å². The minimum Gasteiger partial charge on any atom is -0.464 e. The molecule has 30 heavy (non-hydrogen) atoms. The zero-order valence-corrected chi connectivity index (χ0v) is 22.0. The number of piperidine rings is 1. The molecule has 172 valence electrons. The predicted octanol–water partition coefficient (Wildman–Crippen LogP) is 5.54. The van der Waals surface area contributed by atoms with E-state index >= 15 is 0 Å². The second-order valence-corrected chi connectivity index (χ2v) is 21.9. The van der Waals surface area contributed by atoms with Crippen LogP contribution in [-0.4, -0.2) is 56.0 Å². The Kier molecular flexibility index (Phi) is 10.4. The van der Waals surface area contributed by atoms with Gasteiger partial charge in [-0.25, -0.2) is 0 Å². The Morgan fingerprint density at radius 2 is 1.40 bits per heavy atom. The maximum Gasteiger partial charge on any atom is 0.189 e. The normalized spacial score (nSPS) is 15.9. The van der Waals surface area contributed by atoms with Gasteiger partial charge >= 0.3 is 0 Å². The van der Waals surface area contributed by atoms with E-state index in [-0.39, 0.29) is 13.6 Å². The second-order valence-electron chi connectivity index (χ2n) is 10.7. The number of hydrogen-bond donors (Lipinski definition) is 1. The zero-order valence-electron chi connectivity index (χ0n) is 20.0. The quantitative estimate of drug-likeness (QED) is 0.241. The predicted molar refractivity (Wildman–Crippen MR) is 130 cm³/mol. The molecular weight excluding hydrogens is 410 g/mol. The van der Waals surface area contributed by atoms with Crippen molar-refractivity contribution in [3.05, 3.63) is 23.8 Å². The first-order valence-corrected chi connectivity index (χ1v) is 18.8. The van der Waals surface area contributed by atoms with E-state index in [9.17, 15) is 0 Å². The Labute approximate surface area is 185 Å². The van der Waals surface area contributed by atoms with E-state index in [4.69, 9.17) is 18.9 Å². The lowest BCUT2D eigenvalue weighted by molar-refractivity contribution is 0.00505. The Bertz CT molecular complexity index is 623. The van der Waals surface area contributed by atoms with Gasteiger partial charge < -0.3 is 24.3 Å². The van der Waals surface area contributed by atoms with Crippen LogP contribution in [-0.2, 0) is 9.47 Å². The van der Waals surface area contributed by atoms with E-state index in [0.717, 1.165) is 62.7 Å². The molecular formula is C23H43NO4Si2. The smallest absolute Gasteiger partial charge is 0.189 e. The molecule has 1 heterocycles. The molecule has 1 aromatic rings. The summed E-state index contributed by atoms with van der Waals surface area (Å²) in [5.74, 6) is 2.07. The molecule has 0 radical (unpaired) electrons. The van der Waals surface area contributed by atoms with Crippen LogP contribution in [0.15, 0.2) is 18.2 Å². The van der Waals surface area contributed by atoms with Gasteiger partial charge in [0, 0.05) is 34.9 Å². The van der Waals surface area contributed by atoms with Gasteiger partial charge in [0.1, 0.15) is 0 Å². The van der Waals surface area contributed by atoms with E-state index < -0.39 is 16.1 Å². The van der Waals surface area contributed by atoms with Crippen LogP contribution >= 0.6 is 0 Å². The fraction of sp³-hybridized carbons (Fsp3) is 0.739. The number of para-hydroxylation sites is 1. The third-order valence-corrected chi connectivity index (χ3v) is 8.77. The van der Waals surface area contributed by atoms with Crippen molar-refractivity contribution in [1.29, 1.82) is 0 Å². The standard InChI is InChI=1S/C23H43NO4Si2/c1-29(2,3)16-14-25-18-27-22-9-7-8-21(20-10-12-24-13-11-20)23(22)28-19-26-15-17-30(4,5)6/h7-9,20,24H,10-19H2,1-6H3. The first kappa shape index (κ1) is 25.4. The van der Waals surface area contributed by atoms with Crippen molar-refractivity contribution >= 4 is 16.1 Å². The average molecular weight is 454 g/mol. The fourth-order valence-corrected chi connectivity index (χ4v) is 4.85. The van der Waals surface area contributed by atoms with Gasteiger partial charge in [0.25, 0.3) is 0 Å². The summed E-state index contributed by atoms with van der Waals surface area (Å²) in [5.41, 5.74) is 1.23. The highest BCUT2D eigenvalue weighted by molar-refractivity contribution is 6.76. The van der Waals surface area contributed by atoms with Crippen molar-refractivity contribution in [2.75, 3.05) is 39.9 Å². The molecule has 0 atom stereocenters. The molecule has 1 aliphatic heterocycles. The molecule has 1 N–H and O–H groups in total. The summed E-state index contributed by atoms with van der Waals surface area (Å²) >= 11 is 0. The SMILES string of the molecule is C[Si](C)(C)CCOCOc1cccc(C2CCNCC2)c1OCOCC[Si](C)(C)C. The number of benzene rings is 1. The molecule has 0 bridgehead atoms. The summed E-state index contributed by atoms with van der Waals surface area (Å²) in [6, 6.07) is 8.49. The lowest BCUT2D eigenvalue weighted by Gasteiger charge is -2.26. The highest BCUT2D eigenvalue weighted by Gasteiger charge is 2.22. The van der Waals surface area contributed by atoms with E-state index in [1.165, 1.54) is 5.56 Å². The second kappa shape index (κ2) is 12.2. The Hall–Kier alpha value is -0.866. The number of rotatable bonds is 13. The minimum atomic E-state index is -1.10. The van der Waals surface area contributed by atoms with Gasteiger partial charge in [-0.05, 0) is 50.0 Å². The molecule has 0 spiro atoms. The molecule has 1 fully saturated rings. The van der Waals surface area contributed by atoms with Crippen molar-refractivity contribution in [2.45, 2.75) is 70.1 Å². The average Bonchev–Trinajstić information content (AvgIpc) is 2.67. The van der Waals surface area contributed by atoms with Crippen LogP contribution in [0.4, 0.5) is 0 Å². The fourth-order valence-electron chi connectivity index (χ4n) is 3.34. The highest BCUT2D eigenvalue weighted by atomic mass is 28.3. The number of ether oxygens (including phenoxy) is 4. The molecule has 1 saturated heterocycles. The first-order chi connectivity index (χ1) is 14.2. The molecule has 0 saturated carbocycles. The van der Waals surface area contributed by atoms with Crippen LogP contribution in [0.5, 0.6) is 11.5 Å². The van der Waals surface area contributed by atoms with Crippen LogP contribution < -0.4 is 14.8 Å². The van der Waals surface area contributed by atoms with Gasteiger partial charge in [-0.3, -0.25) is 0 Å². The number of hydrogen-bond acceptors (Lipinski definition) is 5. The molecule has 7 heteroatoms. The first-order valence-electron chi connectivity index (χ1n) is 11.4. The summed E-state index contributed by atoms with van der Waals surface area (Å²) < 4.78 is 23.7. The molecule has 0 amide bonds. The van der Waals surface area contributed by atoms with E-state index in [1.54, 1.807) is 0 Å². The van der Waals surface area contributed by atoms with Crippen LogP contribution in [0.25, 0.3) is 0 Å². The molecule has 0 unspecified atom stereocenters. The third-order valence-electron chi connectivity index (χ3n) is 5.37. The van der Waals surface area contributed by atoms with Gasteiger partial charge in [-0.15, -0.1) is 0 Å². The zero-order chi connectivity index (χ0) is 22.0. The minimum absolute atomic E-state index is 0.257. The Morgan fingerprint density at radius 3 is 1.97 bits per heavy atom. The topological polar surface area (TPSA) is 49.0 Å². The monoisotopic (exact) mass is 453 g/mol. The van der Waals surface area contributed by atoms with Crippen molar-refractivity contribution in [3.8, 4) is 11.5 Å². The molecule has 1 aliphatic rings. The van der Waals surface area contributed by atoms with E-state index in [2.05, 4.69) is 56.7 Å². The molecule has 0 aromatic heterocycles. The molecule has 0 aliphatic carbocycles. The molecule has 1 aromatic carbocycles. The summed E-state index contributed by atoms with van der Waals surface area (Å²) in [6.45, 7) is 18.2. The largest absolute Gasteiger partial charge is 0.464 e. The van der Waals surface area contributed by atoms with Crippen LogP contribution in [0.2, 0.25) is 51.4 Å². The Balaban J connectivity index is 1.97. The van der Waals surface area contributed by atoms with Crippen LogP contribution in [0.1, 0.15) is 24.3 Å². The van der Waals surface area contributed by atoms with E-state index in [0.29, 0.717) is 5.92 Å². The summed E-state index contributed by atoms with van der Waals surface area (Å²) in [6.07, 6.45) is 2.23. The van der Waals surface area contributed by atoms with E-state index in [1.807, 2.05) is 6.07 Å². The van der Waals surface area contributed by atoms with Crippen LogP contribution in [0, 0.1) is 0 Å². The maximum atomic E-state index is 6.15. The Morgan fingerprint density at radius 1 is 0.833 bits per heavy atom. The summed E-state index contributed by atoms with van der Waals surface area (Å²) in [7, 11) is -2.19. The van der Waals surface area contributed by atoms with Crippen molar-refractivity contribution in [3.63, 3.8) is 0 Å². The van der Waals surface area contributed by atoms with Crippen molar-refractivity contribution in [1.82, 2.24) is 5.32 Å². The lowest BCUT2D eigenvalue weighted by atomic mass is 9.89. The highest BCUT2D eigenvalue weighted by Crippen LogP contribution is 2.39. The summed E-state index contributed by atoms with van der Waals surface area (Å²) in [5, 5.41) is 3.44. The maximum absolute atomic E-state index is 6.15. The van der Waals surface area contributed by atoms with Gasteiger partial charge in [-0.2, -0.15) is 0 Å². The lowest BCUT2D eigenvalue weighted by Crippen LogP contribution is -2.27. The summed E-state index contributed by atoms with van der Waals surface area (Å²) in [4.78, 5) is 0.